The molecule has 48 heavy (non-hydrogen) atoms. The topological polar surface area (TPSA) is 110 Å². The molecule has 6 heteroatoms. The molecule has 0 fully saturated rings. The van der Waals surface area contributed by atoms with Crippen LogP contribution in [0.4, 0.5) is 0 Å². The van der Waals surface area contributed by atoms with Crippen LogP contribution in [-0.4, -0.2) is 57.3 Å². The summed E-state index contributed by atoms with van der Waals surface area (Å²) in [6, 6.07) is -0.983. The molecule has 0 aliphatic rings. The highest BCUT2D eigenvalue weighted by atomic mass is 16.3. The maximum absolute atomic E-state index is 12.5. The molecule has 0 aromatic heterocycles. The lowest BCUT2D eigenvalue weighted by Crippen LogP contribution is -2.53. The van der Waals surface area contributed by atoms with Crippen molar-refractivity contribution in [2.45, 2.75) is 244 Å². The second-order valence-electron chi connectivity index (χ2n) is 14.7. The quantitative estimate of drug-likeness (QED) is 0.0329. The lowest BCUT2D eigenvalue weighted by molar-refractivity contribution is -0.132. The van der Waals surface area contributed by atoms with Crippen LogP contribution in [0.15, 0.2) is 12.2 Å². The number of carbonyl (C=O) groups excluding carboxylic acids is 1. The molecule has 0 saturated carbocycles. The number of carbonyl (C=O) groups is 1. The van der Waals surface area contributed by atoms with Gasteiger partial charge < -0.3 is 25.7 Å². The number of aliphatic hydroxyl groups is 4. The standard InChI is InChI=1S/C42H83NO5/c1-3-5-7-9-11-13-15-17-18-19-20-21-22-23-24-26-28-30-32-34-36-40(46)42(48)43-38(37-44)41(47)39(45)35-33-31-29-27-25-16-14-12-10-8-6-4-2/h21-22,38-41,44-47H,3-20,23-37H2,1-2H3,(H,43,48)/b22-21-. The van der Waals surface area contributed by atoms with E-state index in [0.717, 1.165) is 44.9 Å². The summed E-state index contributed by atoms with van der Waals surface area (Å²) in [5.74, 6) is -0.588. The van der Waals surface area contributed by atoms with Crippen molar-refractivity contribution in [1.29, 1.82) is 0 Å². The molecule has 6 nitrogen and oxygen atoms in total. The number of hydrogen-bond donors (Lipinski definition) is 5. The number of amides is 1. The van der Waals surface area contributed by atoms with Gasteiger partial charge in [0.1, 0.15) is 12.2 Å². The Morgan fingerprint density at radius 1 is 0.500 bits per heavy atom. The second kappa shape index (κ2) is 37.3. The fourth-order valence-electron chi connectivity index (χ4n) is 6.57. The van der Waals surface area contributed by atoms with Crippen LogP contribution in [-0.2, 0) is 4.79 Å². The van der Waals surface area contributed by atoms with Gasteiger partial charge in [-0.3, -0.25) is 4.79 Å². The largest absolute Gasteiger partial charge is 0.394 e. The van der Waals surface area contributed by atoms with E-state index in [0.29, 0.717) is 12.8 Å². The summed E-state index contributed by atoms with van der Waals surface area (Å²) in [7, 11) is 0. The highest BCUT2D eigenvalue weighted by Gasteiger charge is 2.28. The summed E-state index contributed by atoms with van der Waals surface area (Å²) >= 11 is 0. The molecule has 0 radical (unpaired) electrons. The molecular formula is C42H83NO5. The van der Waals surface area contributed by atoms with Gasteiger partial charge in [0.05, 0.1) is 18.8 Å². The lowest BCUT2D eigenvalue weighted by Gasteiger charge is -2.27. The SMILES string of the molecule is CCCCCCCCCCCC/C=C\CCCCCCCCC(O)C(=O)NC(CO)C(O)C(O)CCCCCCCCCCCCCC. The minimum absolute atomic E-state index is 0.364. The van der Waals surface area contributed by atoms with Crippen LogP contribution in [0, 0.1) is 0 Å². The van der Waals surface area contributed by atoms with E-state index in [4.69, 9.17) is 0 Å². The summed E-state index contributed by atoms with van der Waals surface area (Å²) in [6.07, 6.45) is 39.5. The van der Waals surface area contributed by atoms with Gasteiger partial charge in [-0.2, -0.15) is 0 Å². The Balaban J connectivity index is 3.74. The van der Waals surface area contributed by atoms with E-state index in [1.54, 1.807) is 0 Å². The number of nitrogens with one attached hydrogen (secondary N) is 1. The van der Waals surface area contributed by atoms with E-state index in [1.807, 2.05) is 0 Å². The van der Waals surface area contributed by atoms with E-state index in [2.05, 4.69) is 31.3 Å². The van der Waals surface area contributed by atoms with Gasteiger partial charge in [0, 0.05) is 0 Å². The zero-order chi connectivity index (χ0) is 35.3. The van der Waals surface area contributed by atoms with E-state index in [1.165, 1.54) is 148 Å². The van der Waals surface area contributed by atoms with Gasteiger partial charge in [0.2, 0.25) is 5.91 Å². The first-order valence-electron chi connectivity index (χ1n) is 21.1. The molecule has 286 valence electrons. The zero-order valence-electron chi connectivity index (χ0n) is 32.0. The van der Waals surface area contributed by atoms with Crippen molar-refractivity contribution in [3.05, 3.63) is 12.2 Å². The fourth-order valence-corrected chi connectivity index (χ4v) is 6.57. The third-order valence-corrected chi connectivity index (χ3v) is 9.98. The Bertz CT molecular complexity index is 687. The number of allylic oxidation sites excluding steroid dienone is 2. The van der Waals surface area contributed by atoms with Crippen LogP contribution >= 0.6 is 0 Å². The summed E-state index contributed by atoms with van der Waals surface area (Å²) in [5.41, 5.74) is 0. The minimum atomic E-state index is -1.26. The summed E-state index contributed by atoms with van der Waals surface area (Å²) in [6.45, 7) is 4.04. The molecule has 5 N–H and O–H groups in total. The third kappa shape index (κ3) is 31.1. The van der Waals surface area contributed by atoms with Gasteiger partial charge >= 0.3 is 0 Å². The number of rotatable bonds is 38. The molecule has 4 atom stereocenters. The highest BCUT2D eigenvalue weighted by Crippen LogP contribution is 2.16. The van der Waals surface area contributed by atoms with Gasteiger partial charge in [0.15, 0.2) is 0 Å². The van der Waals surface area contributed by atoms with Gasteiger partial charge in [-0.1, -0.05) is 193 Å². The predicted molar refractivity (Wildman–Crippen MR) is 205 cm³/mol. The monoisotopic (exact) mass is 682 g/mol. The average Bonchev–Trinajstić information content (AvgIpc) is 3.09. The van der Waals surface area contributed by atoms with E-state index >= 15 is 0 Å². The van der Waals surface area contributed by atoms with Gasteiger partial charge in [0.25, 0.3) is 0 Å². The molecule has 0 aliphatic heterocycles. The Labute approximate surface area is 298 Å². The van der Waals surface area contributed by atoms with Gasteiger partial charge in [-0.05, 0) is 38.5 Å². The first-order valence-corrected chi connectivity index (χ1v) is 21.1. The second-order valence-corrected chi connectivity index (χ2v) is 14.7. The van der Waals surface area contributed by atoms with Crippen molar-refractivity contribution in [1.82, 2.24) is 5.32 Å². The van der Waals surface area contributed by atoms with E-state index in [-0.39, 0.29) is 0 Å². The van der Waals surface area contributed by atoms with Crippen molar-refractivity contribution in [3.8, 4) is 0 Å². The molecule has 0 heterocycles. The Morgan fingerprint density at radius 2 is 0.833 bits per heavy atom. The molecule has 0 saturated heterocycles. The molecule has 0 aliphatic carbocycles. The Kier molecular flexibility index (Phi) is 36.6. The van der Waals surface area contributed by atoms with Crippen LogP contribution in [0.3, 0.4) is 0 Å². The maximum atomic E-state index is 12.5. The van der Waals surface area contributed by atoms with Crippen molar-refractivity contribution < 1.29 is 25.2 Å². The number of unbranched alkanes of at least 4 members (excludes halogenated alkanes) is 27. The molecule has 0 aromatic rings. The first-order chi connectivity index (χ1) is 23.5. The molecule has 0 rings (SSSR count). The van der Waals surface area contributed by atoms with Crippen molar-refractivity contribution >= 4 is 5.91 Å². The molecule has 0 spiro atoms. The lowest BCUT2D eigenvalue weighted by atomic mass is 9.99. The molecule has 4 unspecified atom stereocenters. The minimum Gasteiger partial charge on any atom is -0.394 e. The van der Waals surface area contributed by atoms with Crippen LogP contribution in [0.5, 0.6) is 0 Å². The summed E-state index contributed by atoms with van der Waals surface area (Å²) in [4.78, 5) is 12.5. The molecule has 1 amide bonds. The van der Waals surface area contributed by atoms with Crippen molar-refractivity contribution in [3.63, 3.8) is 0 Å². The normalized spacial score (nSPS) is 14.4. The van der Waals surface area contributed by atoms with Crippen LogP contribution in [0.25, 0.3) is 0 Å². The number of aliphatic hydroxyl groups excluding tert-OH is 4. The summed E-state index contributed by atoms with van der Waals surface area (Å²) in [5, 5.41) is 43.6. The molecule has 0 aromatic carbocycles. The molecule has 0 bridgehead atoms. The van der Waals surface area contributed by atoms with E-state index in [9.17, 15) is 25.2 Å². The maximum Gasteiger partial charge on any atom is 0.249 e. The van der Waals surface area contributed by atoms with Crippen molar-refractivity contribution in [2.24, 2.45) is 0 Å². The highest BCUT2D eigenvalue weighted by molar-refractivity contribution is 5.80. The summed E-state index contributed by atoms with van der Waals surface area (Å²) < 4.78 is 0. The van der Waals surface area contributed by atoms with Crippen LogP contribution in [0.1, 0.15) is 219 Å². The third-order valence-electron chi connectivity index (χ3n) is 9.98. The average molecular weight is 682 g/mol. The Morgan fingerprint density at radius 3 is 1.21 bits per heavy atom. The molecular weight excluding hydrogens is 598 g/mol. The zero-order valence-corrected chi connectivity index (χ0v) is 32.0. The van der Waals surface area contributed by atoms with Gasteiger partial charge in [-0.15, -0.1) is 0 Å². The van der Waals surface area contributed by atoms with Crippen LogP contribution in [0.2, 0.25) is 0 Å². The van der Waals surface area contributed by atoms with Crippen molar-refractivity contribution in [2.75, 3.05) is 6.61 Å². The Hall–Kier alpha value is -0.950. The smallest absolute Gasteiger partial charge is 0.249 e. The van der Waals surface area contributed by atoms with Gasteiger partial charge in [-0.25, -0.2) is 0 Å². The first kappa shape index (κ1) is 47.0. The fraction of sp³-hybridized carbons (Fsp3) is 0.929. The number of hydrogen-bond acceptors (Lipinski definition) is 5. The van der Waals surface area contributed by atoms with Crippen LogP contribution < -0.4 is 5.32 Å². The van der Waals surface area contributed by atoms with E-state index < -0.39 is 36.9 Å². The predicted octanol–water partition coefficient (Wildman–Crippen LogP) is 10.6.